The van der Waals surface area contributed by atoms with Crippen LogP contribution < -0.4 is 19.5 Å². The lowest BCUT2D eigenvalue weighted by atomic mass is 10.1. The quantitative estimate of drug-likeness (QED) is 0.560. The highest BCUT2D eigenvalue weighted by atomic mass is 19.1. The Bertz CT molecular complexity index is 843. The summed E-state index contributed by atoms with van der Waals surface area (Å²) in [6, 6.07) is 7.50. The minimum Gasteiger partial charge on any atom is -0.497 e. The molecule has 2 rings (SSSR count). The number of carbonyl (C=O) groups excluding carboxylic acids is 1. The molecule has 0 fully saturated rings. The van der Waals surface area contributed by atoms with E-state index < -0.39 is 35.0 Å². The van der Waals surface area contributed by atoms with Crippen LogP contribution in [0.2, 0.25) is 0 Å². The van der Waals surface area contributed by atoms with Crippen molar-refractivity contribution >= 4 is 11.6 Å². The van der Waals surface area contributed by atoms with Crippen LogP contribution in [0.4, 0.5) is 10.1 Å². The summed E-state index contributed by atoms with van der Waals surface area (Å²) in [5.74, 6) is -0.401. The van der Waals surface area contributed by atoms with Crippen LogP contribution in [-0.4, -0.2) is 31.7 Å². The van der Waals surface area contributed by atoms with Crippen molar-refractivity contribution in [2.75, 3.05) is 20.8 Å². The first-order chi connectivity index (χ1) is 12.8. The van der Waals surface area contributed by atoms with E-state index in [4.69, 9.17) is 14.2 Å². The van der Waals surface area contributed by atoms with Crippen LogP contribution in [0.25, 0.3) is 0 Å². The van der Waals surface area contributed by atoms with Crippen molar-refractivity contribution in [1.82, 2.24) is 5.32 Å². The molecule has 27 heavy (non-hydrogen) atoms. The van der Waals surface area contributed by atoms with Gasteiger partial charge in [-0.2, -0.15) is 0 Å². The van der Waals surface area contributed by atoms with E-state index in [9.17, 15) is 19.3 Å². The third-order valence-electron chi connectivity index (χ3n) is 3.76. The van der Waals surface area contributed by atoms with Crippen molar-refractivity contribution < 1.29 is 28.3 Å². The summed E-state index contributed by atoms with van der Waals surface area (Å²) in [5, 5.41) is 13.6. The van der Waals surface area contributed by atoms with Crippen LogP contribution in [0, 0.1) is 15.9 Å². The molecule has 1 N–H and O–H groups in total. The molecule has 2 aromatic rings. The van der Waals surface area contributed by atoms with Crippen LogP contribution in [0.1, 0.15) is 18.5 Å². The Morgan fingerprint density at radius 1 is 1.19 bits per heavy atom. The van der Waals surface area contributed by atoms with Gasteiger partial charge in [0.2, 0.25) is 5.75 Å². The summed E-state index contributed by atoms with van der Waals surface area (Å²) in [6.45, 7) is 1.22. The average molecular weight is 378 g/mol. The number of nitro benzene ring substituents is 1. The molecule has 0 saturated carbocycles. The van der Waals surface area contributed by atoms with Gasteiger partial charge in [0, 0.05) is 17.7 Å². The van der Waals surface area contributed by atoms with Crippen molar-refractivity contribution in [3.63, 3.8) is 0 Å². The number of benzene rings is 2. The molecule has 0 aliphatic heterocycles. The third kappa shape index (κ3) is 5.06. The number of ether oxygens (including phenoxy) is 3. The van der Waals surface area contributed by atoms with Gasteiger partial charge in [0.15, 0.2) is 6.61 Å². The number of nitrogens with zero attached hydrogens (tertiary/aromatic N) is 1. The molecule has 0 spiro atoms. The number of methoxy groups -OCH3 is 2. The van der Waals surface area contributed by atoms with Gasteiger partial charge in [0.1, 0.15) is 17.3 Å². The number of amides is 1. The number of nitro groups is 1. The second-order valence-electron chi connectivity index (χ2n) is 5.55. The van der Waals surface area contributed by atoms with Crippen molar-refractivity contribution in [3.05, 3.63) is 57.9 Å². The van der Waals surface area contributed by atoms with Crippen LogP contribution in [0.3, 0.4) is 0 Å². The molecular weight excluding hydrogens is 359 g/mol. The SMILES string of the molecule is COc1ccc(OC)c(C(C)NC(=O)COc2cc(F)ccc2[N+](=O)[O-])c1. The van der Waals surface area contributed by atoms with Gasteiger partial charge in [-0.3, -0.25) is 14.9 Å². The van der Waals surface area contributed by atoms with Crippen molar-refractivity contribution in [1.29, 1.82) is 0 Å². The van der Waals surface area contributed by atoms with E-state index >= 15 is 0 Å². The Kier molecular flexibility index (Phi) is 6.53. The van der Waals surface area contributed by atoms with Crippen LogP contribution in [0.15, 0.2) is 36.4 Å². The number of hydrogen-bond donors (Lipinski definition) is 1. The fourth-order valence-electron chi connectivity index (χ4n) is 2.44. The normalized spacial score (nSPS) is 11.4. The van der Waals surface area contributed by atoms with Crippen molar-refractivity contribution in [2.24, 2.45) is 0 Å². The molecule has 0 aromatic heterocycles. The number of halogens is 1. The van der Waals surface area contributed by atoms with E-state index in [0.717, 1.165) is 18.2 Å². The Hall–Kier alpha value is -3.36. The van der Waals surface area contributed by atoms with E-state index in [1.165, 1.54) is 14.2 Å². The van der Waals surface area contributed by atoms with Gasteiger partial charge in [-0.15, -0.1) is 0 Å². The summed E-state index contributed by atoms with van der Waals surface area (Å²) in [6.07, 6.45) is 0. The van der Waals surface area contributed by atoms with Gasteiger partial charge in [-0.25, -0.2) is 4.39 Å². The number of nitrogens with one attached hydrogen (secondary N) is 1. The molecule has 1 amide bonds. The predicted molar refractivity (Wildman–Crippen MR) is 94.7 cm³/mol. The highest BCUT2D eigenvalue weighted by Crippen LogP contribution is 2.30. The summed E-state index contributed by atoms with van der Waals surface area (Å²) >= 11 is 0. The van der Waals surface area contributed by atoms with Crippen LogP contribution in [0.5, 0.6) is 17.2 Å². The number of carbonyl (C=O) groups is 1. The van der Waals surface area contributed by atoms with Gasteiger partial charge in [-0.1, -0.05) is 0 Å². The predicted octanol–water partition coefficient (Wildman–Crippen LogP) is 3.01. The summed E-state index contributed by atoms with van der Waals surface area (Å²) < 4.78 is 28.9. The molecule has 2 aromatic carbocycles. The highest BCUT2D eigenvalue weighted by Gasteiger charge is 2.19. The van der Waals surface area contributed by atoms with E-state index in [1.54, 1.807) is 25.1 Å². The maximum absolute atomic E-state index is 13.3. The first-order valence-corrected chi connectivity index (χ1v) is 7.93. The molecule has 144 valence electrons. The molecular formula is C18H19FN2O6. The second-order valence-corrected chi connectivity index (χ2v) is 5.55. The standard InChI is InChI=1S/C18H19FN2O6/c1-11(14-9-13(25-2)5-7-16(14)26-3)20-18(22)10-27-17-8-12(19)4-6-15(17)21(23)24/h4-9,11H,10H2,1-3H3,(H,20,22). The van der Waals surface area contributed by atoms with Gasteiger partial charge >= 0.3 is 5.69 Å². The lowest BCUT2D eigenvalue weighted by Gasteiger charge is -2.18. The fourth-order valence-corrected chi connectivity index (χ4v) is 2.44. The topological polar surface area (TPSA) is 99.9 Å². The molecule has 0 heterocycles. The lowest BCUT2D eigenvalue weighted by molar-refractivity contribution is -0.385. The van der Waals surface area contributed by atoms with E-state index in [0.29, 0.717) is 17.1 Å². The van der Waals surface area contributed by atoms with Gasteiger partial charge in [0.05, 0.1) is 25.2 Å². The lowest BCUT2D eigenvalue weighted by Crippen LogP contribution is -2.31. The molecule has 8 nitrogen and oxygen atoms in total. The Morgan fingerprint density at radius 2 is 1.93 bits per heavy atom. The Labute approximate surface area is 155 Å². The zero-order chi connectivity index (χ0) is 20.0. The molecule has 1 atom stereocenters. The maximum Gasteiger partial charge on any atom is 0.311 e. The molecule has 9 heteroatoms. The van der Waals surface area contributed by atoms with E-state index in [-0.39, 0.29) is 5.75 Å². The van der Waals surface area contributed by atoms with Crippen LogP contribution in [-0.2, 0) is 4.79 Å². The van der Waals surface area contributed by atoms with Crippen LogP contribution >= 0.6 is 0 Å². The Balaban J connectivity index is 2.06. The summed E-state index contributed by atoms with van der Waals surface area (Å²) in [5.41, 5.74) is 0.258. The first kappa shape index (κ1) is 20.0. The maximum atomic E-state index is 13.3. The van der Waals surface area contributed by atoms with E-state index in [1.807, 2.05) is 0 Å². The third-order valence-corrected chi connectivity index (χ3v) is 3.76. The zero-order valence-corrected chi connectivity index (χ0v) is 15.0. The number of rotatable bonds is 8. The van der Waals surface area contributed by atoms with E-state index in [2.05, 4.69) is 5.32 Å². The largest absolute Gasteiger partial charge is 0.497 e. The zero-order valence-electron chi connectivity index (χ0n) is 15.0. The smallest absolute Gasteiger partial charge is 0.311 e. The summed E-state index contributed by atoms with van der Waals surface area (Å²) in [4.78, 5) is 22.4. The average Bonchev–Trinajstić information content (AvgIpc) is 2.65. The Morgan fingerprint density at radius 3 is 2.56 bits per heavy atom. The van der Waals surface area contributed by atoms with Gasteiger partial charge in [0.25, 0.3) is 5.91 Å². The summed E-state index contributed by atoms with van der Waals surface area (Å²) in [7, 11) is 3.03. The minimum atomic E-state index is -0.712. The fraction of sp³-hybridized carbons (Fsp3) is 0.278. The highest BCUT2D eigenvalue weighted by molar-refractivity contribution is 5.78. The second kappa shape index (κ2) is 8.84. The van der Waals surface area contributed by atoms with Crippen molar-refractivity contribution in [2.45, 2.75) is 13.0 Å². The first-order valence-electron chi connectivity index (χ1n) is 7.93. The molecule has 0 radical (unpaired) electrons. The molecule has 0 bridgehead atoms. The molecule has 0 saturated heterocycles. The molecule has 0 aliphatic rings. The monoisotopic (exact) mass is 378 g/mol. The molecule has 0 aliphatic carbocycles. The minimum absolute atomic E-state index is 0.318. The molecule has 1 unspecified atom stereocenters. The van der Waals surface area contributed by atoms with Gasteiger partial charge < -0.3 is 19.5 Å². The van der Waals surface area contributed by atoms with Gasteiger partial charge in [-0.05, 0) is 31.2 Å². The van der Waals surface area contributed by atoms with Crippen molar-refractivity contribution in [3.8, 4) is 17.2 Å². The number of hydrogen-bond acceptors (Lipinski definition) is 6.